The number of halogens is 1. The summed E-state index contributed by atoms with van der Waals surface area (Å²) in [5.41, 5.74) is -0.691. The molecule has 0 aliphatic carbocycles. The van der Waals surface area contributed by atoms with Crippen molar-refractivity contribution in [1.29, 1.82) is 0 Å². The van der Waals surface area contributed by atoms with Crippen LogP contribution >= 0.6 is 0 Å². The number of nitro groups is 1. The van der Waals surface area contributed by atoms with Crippen LogP contribution in [0.1, 0.15) is 30.1 Å². The van der Waals surface area contributed by atoms with Crippen molar-refractivity contribution in [2.24, 2.45) is 0 Å². The number of nitro benzene ring substituents is 1. The second-order valence-corrected chi connectivity index (χ2v) is 4.73. The number of carbonyl (C=O) groups excluding carboxylic acids is 1. The Morgan fingerprint density at radius 2 is 2.35 bits per heavy atom. The molecule has 1 aliphatic rings. The highest BCUT2D eigenvalue weighted by Crippen LogP contribution is 2.21. The minimum Gasteiger partial charge on any atom is -0.376 e. The summed E-state index contributed by atoms with van der Waals surface area (Å²) in [5, 5.41) is 13.5. The summed E-state index contributed by atoms with van der Waals surface area (Å²) in [4.78, 5) is 22.2. The molecule has 1 N–H and O–H groups in total. The third kappa shape index (κ3) is 3.11. The average Bonchev–Trinajstić information content (AvgIpc) is 2.92. The standard InChI is InChI=1S/C13H15FN2O4/c1-8(12-3-2-6-20-12)15-13(17)10-7-9(14)4-5-11(10)16(18)19/h4-5,7-8,12H,2-3,6H2,1H3,(H,15,17). The first-order valence-corrected chi connectivity index (χ1v) is 6.35. The van der Waals surface area contributed by atoms with E-state index in [1.807, 2.05) is 0 Å². The molecule has 1 amide bonds. The molecule has 2 atom stereocenters. The third-order valence-corrected chi connectivity index (χ3v) is 3.28. The van der Waals surface area contributed by atoms with Crippen molar-refractivity contribution in [2.45, 2.75) is 31.9 Å². The molecule has 1 aromatic carbocycles. The lowest BCUT2D eigenvalue weighted by atomic mass is 10.1. The molecule has 1 fully saturated rings. The van der Waals surface area contributed by atoms with E-state index in [1.165, 1.54) is 0 Å². The Kier molecular flexibility index (Phi) is 4.29. The molecule has 7 heteroatoms. The molecule has 1 heterocycles. The number of nitrogens with one attached hydrogen (secondary N) is 1. The number of amides is 1. The van der Waals surface area contributed by atoms with Gasteiger partial charge < -0.3 is 10.1 Å². The van der Waals surface area contributed by atoms with Gasteiger partial charge in [0.25, 0.3) is 11.6 Å². The summed E-state index contributed by atoms with van der Waals surface area (Å²) < 4.78 is 18.6. The van der Waals surface area contributed by atoms with Crippen molar-refractivity contribution in [1.82, 2.24) is 5.32 Å². The fourth-order valence-electron chi connectivity index (χ4n) is 2.22. The average molecular weight is 282 g/mol. The molecule has 20 heavy (non-hydrogen) atoms. The number of nitrogens with zero attached hydrogens (tertiary/aromatic N) is 1. The van der Waals surface area contributed by atoms with Gasteiger partial charge in [0.05, 0.1) is 17.1 Å². The first-order chi connectivity index (χ1) is 9.49. The third-order valence-electron chi connectivity index (χ3n) is 3.28. The summed E-state index contributed by atoms with van der Waals surface area (Å²) in [6.45, 7) is 2.41. The maximum absolute atomic E-state index is 13.2. The van der Waals surface area contributed by atoms with Crippen LogP contribution in [0, 0.1) is 15.9 Å². The molecule has 0 saturated carbocycles. The lowest BCUT2D eigenvalue weighted by Crippen LogP contribution is -2.41. The number of carbonyl (C=O) groups is 1. The minimum absolute atomic E-state index is 0.105. The van der Waals surface area contributed by atoms with E-state index in [0.717, 1.165) is 31.0 Å². The predicted octanol–water partition coefficient (Wildman–Crippen LogP) is 2.03. The van der Waals surface area contributed by atoms with Crippen LogP contribution in [0.4, 0.5) is 10.1 Å². The lowest BCUT2D eigenvalue weighted by Gasteiger charge is -2.19. The Balaban J connectivity index is 2.15. The van der Waals surface area contributed by atoms with Gasteiger partial charge in [0.15, 0.2) is 0 Å². The fourth-order valence-corrected chi connectivity index (χ4v) is 2.22. The van der Waals surface area contributed by atoms with Crippen molar-refractivity contribution in [3.8, 4) is 0 Å². The first kappa shape index (κ1) is 14.4. The van der Waals surface area contributed by atoms with Gasteiger partial charge in [-0.3, -0.25) is 14.9 Å². The largest absolute Gasteiger partial charge is 0.376 e. The van der Waals surface area contributed by atoms with Crippen molar-refractivity contribution in [3.05, 3.63) is 39.7 Å². The van der Waals surface area contributed by atoms with Crippen LogP contribution in [0.2, 0.25) is 0 Å². The zero-order valence-electron chi connectivity index (χ0n) is 11.0. The van der Waals surface area contributed by atoms with E-state index in [1.54, 1.807) is 6.92 Å². The highest BCUT2D eigenvalue weighted by molar-refractivity contribution is 5.98. The summed E-state index contributed by atoms with van der Waals surface area (Å²) in [6.07, 6.45) is 1.64. The highest BCUT2D eigenvalue weighted by Gasteiger charge is 2.27. The van der Waals surface area contributed by atoms with Gasteiger partial charge in [-0.25, -0.2) is 4.39 Å². The molecule has 0 bridgehead atoms. The molecule has 1 aliphatic heterocycles. The molecule has 6 nitrogen and oxygen atoms in total. The van der Waals surface area contributed by atoms with E-state index in [4.69, 9.17) is 4.74 Å². The quantitative estimate of drug-likeness (QED) is 0.676. The fraction of sp³-hybridized carbons (Fsp3) is 0.462. The smallest absolute Gasteiger partial charge is 0.282 e. The Morgan fingerprint density at radius 3 is 2.95 bits per heavy atom. The van der Waals surface area contributed by atoms with E-state index >= 15 is 0 Å². The van der Waals surface area contributed by atoms with Crippen LogP contribution in [0.25, 0.3) is 0 Å². The second-order valence-electron chi connectivity index (χ2n) is 4.73. The van der Waals surface area contributed by atoms with Gasteiger partial charge >= 0.3 is 0 Å². The molecule has 2 rings (SSSR count). The Morgan fingerprint density at radius 1 is 1.60 bits per heavy atom. The zero-order valence-corrected chi connectivity index (χ0v) is 11.0. The first-order valence-electron chi connectivity index (χ1n) is 6.35. The van der Waals surface area contributed by atoms with Crippen molar-refractivity contribution >= 4 is 11.6 Å². The summed E-state index contributed by atoms with van der Waals surface area (Å²) in [7, 11) is 0. The topological polar surface area (TPSA) is 81.5 Å². The maximum Gasteiger partial charge on any atom is 0.282 e. The maximum atomic E-state index is 13.2. The molecular weight excluding hydrogens is 267 g/mol. The number of hydrogen-bond donors (Lipinski definition) is 1. The van der Waals surface area contributed by atoms with Gasteiger partial charge in [-0.1, -0.05) is 0 Å². The van der Waals surface area contributed by atoms with Gasteiger partial charge in [-0.15, -0.1) is 0 Å². The molecule has 0 spiro atoms. The zero-order chi connectivity index (χ0) is 14.7. The predicted molar refractivity (Wildman–Crippen MR) is 69.0 cm³/mol. The van der Waals surface area contributed by atoms with Crippen LogP contribution in [-0.2, 0) is 4.74 Å². The van der Waals surface area contributed by atoms with Crippen LogP contribution < -0.4 is 5.32 Å². The summed E-state index contributed by atoms with van der Waals surface area (Å²) in [6, 6.07) is 2.53. The highest BCUT2D eigenvalue weighted by atomic mass is 19.1. The van der Waals surface area contributed by atoms with Crippen LogP contribution in [0.15, 0.2) is 18.2 Å². The Labute approximate surface area is 115 Å². The van der Waals surface area contributed by atoms with Crippen LogP contribution in [-0.4, -0.2) is 29.6 Å². The molecule has 108 valence electrons. The van der Waals surface area contributed by atoms with Crippen molar-refractivity contribution in [2.75, 3.05) is 6.61 Å². The minimum atomic E-state index is -0.703. The second kappa shape index (κ2) is 5.96. The van der Waals surface area contributed by atoms with E-state index in [9.17, 15) is 19.3 Å². The Hall–Kier alpha value is -2.02. The molecule has 2 unspecified atom stereocenters. The van der Waals surface area contributed by atoms with Crippen molar-refractivity contribution < 1.29 is 18.8 Å². The van der Waals surface area contributed by atoms with Gasteiger partial charge in [0, 0.05) is 12.7 Å². The van der Waals surface area contributed by atoms with E-state index < -0.39 is 22.3 Å². The number of ether oxygens (including phenoxy) is 1. The molecule has 0 aromatic heterocycles. The molecule has 1 saturated heterocycles. The van der Waals surface area contributed by atoms with Gasteiger partial charge in [-0.2, -0.15) is 0 Å². The van der Waals surface area contributed by atoms with Crippen LogP contribution in [0.5, 0.6) is 0 Å². The molecule has 0 radical (unpaired) electrons. The summed E-state index contributed by atoms with van der Waals surface area (Å²) in [5.74, 6) is -1.36. The molecule has 1 aromatic rings. The van der Waals surface area contributed by atoms with E-state index in [2.05, 4.69) is 5.32 Å². The summed E-state index contributed by atoms with van der Waals surface area (Å²) >= 11 is 0. The number of rotatable bonds is 4. The Bertz CT molecular complexity index is 529. The van der Waals surface area contributed by atoms with E-state index in [0.29, 0.717) is 6.61 Å². The number of benzene rings is 1. The normalized spacial score (nSPS) is 19.6. The molecular formula is C13H15FN2O4. The SMILES string of the molecule is CC(NC(=O)c1cc(F)ccc1[N+](=O)[O-])C1CCCO1. The van der Waals surface area contributed by atoms with Crippen LogP contribution in [0.3, 0.4) is 0 Å². The van der Waals surface area contributed by atoms with Crippen molar-refractivity contribution in [3.63, 3.8) is 0 Å². The van der Waals surface area contributed by atoms with Gasteiger partial charge in [-0.05, 0) is 31.9 Å². The van der Waals surface area contributed by atoms with E-state index in [-0.39, 0.29) is 17.7 Å². The lowest BCUT2D eigenvalue weighted by molar-refractivity contribution is -0.385. The monoisotopic (exact) mass is 282 g/mol. The van der Waals surface area contributed by atoms with Gasteiger partial charge in [0.2, 0.25) is 0 Å². The number of hydrogen-bond acceptors (Lipinski definition) is 4. The van der Waals surface area contributed by atoms with Gasteiger partial charge in [0.1, 0.15) is 11.4 Å².